The number of nitrogens with two attached hydrogens (primary N) is 1. The second kappa shape index (κ2) is 7.18. The highest BCUT2D eigenvalue weighted by atomic mass is 14.8. The lowest BCUT2D eigenvalue weighted by Crippen LogP contribution is -2.04. The molecule has 0 spiro atoms. The van der Waals surface area contributed by atoms with Crippen molar-refractivity contribution < 1.29 is 0 Å². The van der Waals surface area contributed by atoms with Crippen LogP contribution in [0.15, 0.2) is 24.5 Å². The Morgan fingerprint density at radius 2 is 1.91 bits per heavy atom. The maximum atomic E-state index is 4.50. The fourth-order valence-electron chi connectivity index (χ4n) is 0.705. The van der Waals surface area contributed by atoms with Crippen LogP contribution in [0.1, 0.15) is 5.56 Å². The van der Waals surface area contributed by atoms with Crippen LogP contribution in [0.5, 0.6) is 0 Å². The van der Waals surface area contributed by atoms with Gasteiger partial charge in [-0.1, -0.05) is 0 Å². The molecule has 1 aromatic heterocycles. The van der Waals surface area contributed by atoms with Crippen molar-refractivity contribution >= 4 is 0 Å². The van der Waals surface area contributed by atoms with Crippen molar-refractivity contribution in [2.24, 2.45) is 5.73 Å². The highest BCUT2D eigenvalue weighted by Gasteiger charge is 1.84. The first-order valence-electron chi connectivity index (χ1n) is 3.54. The fourth-order valence-corrected chi connectivity index (χ4v) is 0.705. The minimum absolute atomic E-state index is 0.919. The molecule has 0 aliphatic rings. The second-order valence-electron chi connectivity index (χ2n) is 1.89. The third-order valence-corrected chi connectivity index (χ3v) is 1.13. The SMILES string of the molecule is CN.CNCc1ccncc1. The van der Waals surface area contributed by atoms with Gasteiger partial charge in [-0.15, -0.1) is 0 Å². The molecule has 62 valence electrons. The monoisotopic (exact) mass is 153 g/mol. The van der Waals surface area contributed by atoms with Crippen molar-refractivity contribution in [2.75, 3.05) is 14.1 Å². The Bertz CT molecular complexity index is 162. The van der Waals surface area contributed by atoms with Crippen LogP contribution in [0.25, 0.3) is 0 Å². The maximum absolute atomic E-state index is 4.50. The van der Waals surface area contributed by atoms with Crippen LogP contribution in [-0.2, 0) is 6.54 Å². The molecule has 3 heteroatoms. The predicted octanol–water partition coefficient (Wildman–Crippen LogP) is 0.376. The summed E-state index contributed by atoms with van der Waals surface area (Å²) in [5.41, 5.74) is 5.77. The quantitative estimate of drug-likeness (QED) is 0.645. The lowest BCUT2D eigenvalue weighted by Gasteiger charge is -1.95. The molecular formula is C8H15N3. The summed E-state index contributed by atoms with van der Waals surface area (Å²) >= 11 is 0. The maximum Gasteiger partial charge on any atom is 0.0271 e. The van der Waals surface area contributed by atoms with Crippen LogP contribution in [0.2, 0.25) is 0 Å². The van der Waals surface area contributed by atoms with Gasteiger partial charge in [0.15, 0.2) is 0 Å². The van der Waals surface area contributed by atoms with Crippen LogP contribution in [0, 0.1) is 0 Å². The van der Waals surface area contributed by atoms with Gasteiger partial charge in [0, 0.05) is 18.9 Å². The largest absolute Gasteiger partial charge is 0.333 e. The van der Waals surface area contributed by atoms with Gasteiger partial charge in [0.05, 0.1) is 0 Å². The zero-order chi connectivity index (χ0) is 8.53. The molecule has 0 saturated carbocycles. The second-order valence-corrected chi connectivity index (χ2v) is 1.89. The van der Waals surface area contributed by atoms with Crippen LogP contribution in [-0.4, -0.2) is 19.1 Å². The number of rotatable bonds is 2. The molecule has 0 atom stereocenters. The van der Waals surface area contributed by atoms with Crippen molar-refractivity contribution in [2.45, 2.75) is 6.54 Å². The molecular weight excluding hydrogens is 138 g/mol. The minimum Gasteiger partial charge on any atom is -0.333 e. The zero-order valence-electron chi connectivity index (χ0n) is 7.04. The van der Waals surface area contributed by atoms with E-state index in [4.69, 9.17) is 0 Å². The number of pyridine rings is 1. The van der Waals surface area contributed by atoms with Crippen LogP contribution >= 0.6 is 0 Å². The topological polar surface area (TPSA) is 50.9 Å². The molecule has 0 fully saturated rings. The van der Waals surface area contributed by atoms with Gasteiger partial charge in [-0.25, -0.2) is 0 Å². The molecule has 0 bridgehead atoms. The smallest absolute Gasteiger partial charge is 0.0271 e. The lowest BCUT2D eigenvalue weighted by molar-refractivity contribution is 0.816. The Balaban J connectivity index is 0.000000461. The average molecular weight is 153 g/mol. The summed E-state index contributed by atoms with van der Waals surface area (Å²) in [4.78, 5) is 3.90. The molecule has 3 nitrogen and oxygen atoms in total. The summed E-state index contributed by atoms with van der Waals surface area (Å²) < 4.78 is 0. The van der Waals surface area contributed by atoms with E-state index in [-0.39, 0.29) is 0 Å². The van der Waals surface area contributed by atoms with E-state index in [1.165, 1.54) is 12.6 Å². The lowest BCUT2D eigenvalue weighted by atomic mass is 10.3. The third kappa shape index (κ3) is 4.47. The Morgan fingerprint density at radius 3 is 2.36 bits per heavy atom. The van der Waals surface area contributed by atoms with E-state index >= 15 is 0 Å². The molecule has 1 rings (SSSR count). The summed E-state index contributed by atoms with van der Waals surface area (Å²) in [5, 5.41) is 3.06. The standard InChI is InChI=1S/C7H10N2.CH5N/c1-8-6-7-2-4-9-5-3-7;1-2/h2-5,8H,6H2,1H3;2H2,1H3. The molecule has 0 unspecified atom stereocenters. The first kappa shape index (κ1) is 10.1. The summed E-state index contributed by atoms with van der Waals surface area (Å²) in [5.74, 6) is 0. The third-order valence-electron chi connectivity index (χ3n) is 1.13. The summed E-state index contributed by atoms with van der Waals surface area (Å²) in [6.45, 7) is 0.919. The molecule has 0 amide bonds. The normalized spacial score (nSPS) is 8.27. The molecule has 0 aromatic carbocycles. The molecule has 11 heavy (non-hydrogen) atoms. The first-order valence-corrected chi connectivity index (χ1v) is 3.54. The van der Waals surface area contributed by atoms with Gasteiger partial charge in [0.25, 0.3) is 0 Å². The van der Waals surface area contributed by atoms with E-state index in [0.717, 1.165) is 6.54 Å². The van der Waals surface area contributed by atoms with Crippen molar-refractivity contribution in [3.63, 3.8) is 0 Å². The summed E-state index contributed by atoms with van der Waals surface area (Å²) in [6, 6.07) is 3.99. The van der Waals surface area contributed by atoms with E-state index in [1.54, 1.807) is 12.4 Å². The van der Waals surface area contributed by atoms with Gasteiger partial charge < -0.3 is 11.1 Å². The van der Waals surface area contributed by atoms with Gasteiger partial charge in [0.2, 0.25) is 0 Å². The fraction of sp³-hybridized carbons (Fsp3) is 0.375. The summed E-state index contributed by atoms with van der Waals surface area (Å²) in [6.07, 6.45) is 3.60. The van der Waals surface area contributed by atoms with Gasteiger partial charge >= 0.3 is 0 Å². The molecule has 3 N–H and O–H groups in total. The summed E-state index contributed by atoms with van der Waals surface area (Å²) in [7, 11) is 3.43. The molecule has 0 saturated heterocycles. The van der Waals surface area contributed by atoms with E-state index < -0.39 is 0 Å². The van der Waals surface area contributed by atoms with Crippen molar-refractivity contribution in [1.29, 1.82) is 0 Å². The number of nitrogens with zero attached hydrogens (tertiary/aromatic N) is 1. The zero-order valence-corrected chi connectivity index (χ0v) is 7.04. The molecule has 0 aliphatic heterocycles. The van der Waals surface area contributed by atoms with Crippen molar-refractivity contribution in [1.82, 2.24) is 10.3 Å². The molecule has 1 aromatic rings. The van der Waals surface area contributed by atoms with Crippen LogP contribution in [0.3, 0.4) is 0 Å². The van der Waals surface area contributed by atoms with Crippen LogP contribution in [0.4, 0.5) is 0 Å². The minimum atomic E-state index is 0.919. The molecule has 0 aliphatic carbocycles. The van der Waals surface area contributed by atoms with E-state index in [2.05, 4.69) is 16.0 Å². The molecule has 0 radical (unpaired) electrons. The van der Waals surface area contributed by atoms with Gasteiger partial charge in [-0.2, -0.15) is 0 Å². The highest BCUT2D eigenvalue weighted by Crippen LogP contribution is 1.92. The average Bonchev–Trinajstić information content (AvgIpc) is 2.11. The predicted molar refractivity (Wildman–Crippen MR) is 47.1 cm³/mol. The van der Waals surface area contributed by atoms with Crippen molar-refractivity contribution in [3.8, 4) is 0 Å². The van der Waals surface area contributed by atoms with E-state index in [1.807, 2.05) is 19.2 Å². The van der Waals surface area contributed by atoms with Crippen molar-refractivity contribution in [3.05, 3.63) is 30.1 Å². The number of hydrogen-bond donors (Lipinski definition) is 2. The van der Waals surface area contributed by atoms with E-state index in [0.29, 0.717) is 0 Å². The highest BCUT2D eigenvalue weighted by molar-refractivity contribution is 5.08. The number of nitrogens with one attached hydrogen (secondary N) is 1. The molecule has 1 heterocycles. The van der Waals surface area contributed by atoms with Crippen LogP contribution < -0.4 is 11.1 Å². The Morgan fingerprint density at radius 1 is 1.36 bits per heavy atom. The van der Waals surface area contributed by atoms with Gasteiger partial charge in [0.1, 0.15) is 0 Å². The first-order chi connectivity index (χ1) is 5.43. The van der Waals surface area contributed by atoms with E-state index in [9.17, 15) is 0 Å². The number of aromatic nitrogens is 1. The van der Waals surface area contributed by atoms with Gasteiger partial charge in [-0.05, 0) is 31.8 Å². The Labute approximate surface area is 67.6 Å². The number of hydrogen-bond acceptors (Lipinski definition) is 3. The Hall–Kier alpha value is -0.930. The van der Waals surface area contributed by atoms with Gasteiger partial charge in [-0.3, -0.25) is 4.98 Å². The Kier molecular flexibility index (Phi) is 6.57.